The predicted molar refractivity (Wildman–Crippen MR) is 88.6 cm³/mol. The molecule has 0 saturated heterocycles. The van der Waals surface area contributed by atoms with Crippen molar-refractivity contribution in [1.29, 1.82) is 10.5 Å². The lowest BCUT2D eigenvalue weighted by atomic mass is 10.3. The zero-order chi connectivity index (χ0) is 17.5. The van der Waals surface area contributed by atoms with Crippen LogP contribution < -0.4 is 0 Å². The van der Waals surface area contributed by atoms with Gasteiger partial charge in [0, 0.05) is 12.1 Å². The van der Waals surface area contributed by atoms with Crippen LogP contribution in [-0.2, 0) is 9.05 Å². The first-order valence-corrected chi connectivity index (χ1v) is 9.97. The highest BCUT2D eigenvalue weighted by Crippen LogP contribution is 2.40. The third kappa shape index (κ3) is 14.9. The lowest BCUT2D eigenvalue weighted by Gasteiger charge is -2.32. The Bertz CT molecular complexity index is 340. The summed E-state index contributed by atoms with van der Waals surface area (Å²) >= 11 is 5.00. The fourth-order valence-corrected chi connectivity index (χ4v) is 3.02. The van der Waals surface area contributed by atoms with E-state index in [0.29, 0.717) is 13.0 Å². The summed E-state index contributed by atoms with van der Waals surface area (Å²) in [6.45, 7) is 8.56. The molecule has 2 atom stereocenters. The van der Waals surface area contributed by atoms with E-state index in [-0.39, 0.29) is 25.1 Å². The highest BCUT2D eigenvalue weighted by molar-refractivity contribution is 7.75. The van der Waals surface area contributed by atoms with Gasteiger partial charge < -0.3 is 18.8 Å². The fourth-order valence-electron chi connectivity index (χ4n) is 1.40. The molecule has 0 bridgehead atoms. The number of halogens is 1. The second-order valence-corrected chi connectivity index (χ2v) is 7.33. The van der Waals surface area contributed by atoms with Gasteiger partial charge in [0.2, 0.25) is 0 Å². The Hall–Kier alpha value is -0.0700. The normalized spacial score (nSPS) is 13.3. The molecule has 0 aromatic rings. The molecular weight excluding hydrogens is 348 g/mol. The van der Waals surface area contributed by atoms with E-state index >= 15 is 0 Å². The van der Waals surface area contributed by atoms with Crippen LogP contribution in [0.4, 0.5) is 0 Å². The summed E-state index contributed by atoms with van der Waals surface area (Å²) in [5.41, 5.74) is 0. The average Bonchev–Trinajstić information content (AvgIpc) is 2.38. The molecule has 0 aliphatic heterocycles. The molecule has 0 aromatic heterocycles. The largest absolute Gasteiger partial charge is 0.338 e. The van der Waals surface area contributed by atoms with Gasteiger partial charge in [-0.05, 0) is 38.9 Å². The second kappa shape index (κ2) is 15.8. The zero-order valence-corrected chi connectivity index (χ0v) is 15.9. The molecule has 0 radical (unpaired) electrons. The lowest BCUT2D eigenvalue weighted by molar-refractivity contribution is 0.215. The van der Waals surface area contributed by atoms with E-state index in [1.807, 2.05) is 44.5 Å². The van der Waals surface area contributed by atoms with Gasteiger partial charge in [-0.3, -0.25) is 0 Å². The fraction of sp³-hybridized carbons (Fsp3) is 0.833. The average molecular weight is 372 g/mol. The van der Waals surface area contributed by atoms with E-state index in [1.54, 1.807) is 0 Å². The van der Waals surface area contributed by atoms with E-state index in [4.69, 9.17) is 31.2 Å². The molecule has 0 fully saturated rings. The molecule has 0 saturated carbocycles. The summed E-state index contributed by atoms with van der Waals surface area (Å²) in [5.74, 6) is 0. The van der Waals surface area contributed by atoms with E-state index in [9.17, 15) is 4.89 Å². The molecule has 0 aliphatic rings. The van der Waals surface area contributed by atoms with E-state index < -0.39 is 16.3 Å². The quantitative estimate of drug-likeness (QED) is 0.470. The van der Waals surface area contributed by atoms with Crippen molar-refractivity contribution in [1.82, 2.24) is 4.67 Å². The second-order valence-electron chi connectivity index (χ2n) is 4.53. The molecule has 0 spiro atoms. The standard InChI is InChI=1S/C9H19N2O2P.C3H5ClNO2P/c1-8(2)11(9(3)4)14(12)13-7-5-6-10;4-8(6)7-3-1-2-5/h8-9,12H,5,7H2,1-4H3;6H,1,3H2. The Balaban J connectivity index is 0. The number of nitrogens with zero attached hydrogens (tertiary/aromatic N) is 3. The molecule has 0 heterocycles. The summed E-state index contributed by atoms with van der Waals surface area (Å²) in [6, 6.07) is 4.30. The number of hydrogen-bond acceptors (Lipinski definition) is 7. The molecule has 128 valence electrons. The first-order valence-electron chi connectivity index (χ1n) is 6.69. The van der Waals surface area contributed by atoms with Crippen molar-refractivity contribution in [2.75, 3.05) is 13.2 Å². The van der Waals surface area contributed by atoms with Crippen LogP contribution in [-0.4, -0.2) is 39.8 Å². The molecule has 0 aliphatic carbocycles. The molecular formula is C12H24ClN3O4P2. The van der Waals surface area contributed by atoms with E-state index in [0.717, 1.165) is 0 Å². The maximum Gasteiger partial charge on any atom is 0.274 e. The molecule has 0 aromatic carbocycles. The highest BCUT2D eigenvalue weighted by atomic mass is 35.7. The third-order valence-electron chi connectivity index (χ3n) is 2.09. The summed E-state index contributed by atoms with van der Waals surface area (Å²) in [4.78, 5) is 18.0. The minimum absolute atomic E-state index is 0.211. The van der Waals surface area contributed by atoms with Crippen molar-refractivity contribution in [2.24, 2.45) is 0 Å². The van der Waals surface area contributed by atoms with Crippen molar-refractivity contribution in [2.45, 2.75) is 52.6 Å². The van der Waals surface area contributed by atoms with Gasteiger partial charge >= 0.3 is 0 Å². The van der Waals surface area contributed by atoms with Crippen LogP contribution in [0.3, 0.4) is 0 Å². The summed E-state index contributed by atoms with van der Waals surface area (Å²) in [6.07, 6.45) is 0.593. The monoisotopic (exact) mass is 371 g/mol. The van der Waals surface area contributed by atoms with Crippen LogP contribution in [0.5, 0.6) is 0 Å². The molecule has 7 nitrogen and oxygen atoms in total. The molecule has 2 N–H and O–H groups in total. The van der Waals surface area contributed by atoms with E-state index in [2.05, 4.69) is 4.52 Å². The van der Waals surface area contributed by atoms with Gasteiger partial charge in [0.1, 0.15) is 0 Å². The van der Waals surface area contributed by atoms with Crippen LogP contribution in [0, 0.1) is 22.7 Å². The maximum atomic E-state index is 9.74. The predicted octanol–water partition coefficient (Wildman–Crippen LogP) is 3.63. The van der Waals surface area contributed by atoms with Gasteiger partial charge in [-0.25, -0.2) is 4.67 Å². The van der Waals surface area contributed by atoms with Crippen LogP contribution in [0.25, 0.3) is 0 Å². The molecule has 0 rings (SSSR count). The van der Waals surface area contributed by atoms with Gasteiger partial charge in [0.25, 0.3) is 16.3 Å². The van der Waals surface area contributed by atoms with E-state index in [1.165, 1.54) is 0 Å². The lowest BCUT2D eigenvalue weighted by Crippen LogP contribution is -2.32. The first kappa shape index (κ1) is 24.2. The van der Waals surface area contributed by atoms with Crippen molar-refractivity contribution < 1.29 is 18.8 Å². The third-order valence-corrected chi connectivity index (χ3v) is 4.51. The topological polar surface area (TPSA) is 110 Å². The Labute approximate surface area is 140 Å². The Morgan fingerprint density at radius 1 is 1.00 bits per heavy atom. The smallest absolute Gasteiger partial charge is 0.274 e. The van der Waals surface area contributed by atoms with Gasteiger partial charge in [-0.1, -0.05) is 0 Å². The summed E-state index contributed by atoms with van der Waals surface area (Å²) in [5, 5.41) is 16.2. The van der Waals surface area contributed by atoms with Crippen molar-refractivity contribution >= 4 is 27.5 Å². The van der Waals surface area contributed by atoms with Crippen molar-refractivity contribution in [3.05, 3.63) is 0 Å². The Kier molecular flexibility index (Phi) is 17.4. The molecule has 22 heavy (non-hydrogen) atoms. The minimum atomic E-state index is -1.79. The highest BCUT2D eigenvalue weighted by Gasteiger charge is 2.23. The van der Waals surface area contributed by atoms with Crippen molar-refractivity contribution in [3.8, 4) is 12.1 Å². The summed E-state index contributed by atoms with van der Waals surface area (Å²) < 4.78 is 11.5. The number of rotatable bonds is 9. The maximum absolute atomic E-state index is 9.74. The number of nitriles is 2. The zero-order valence-electron chi connectivity index (χ0n) is 13.3. The van der Waals surface area contributed by atoms with Crippen LogP contribution in [0.15, 0.2) is 0 Å². The molecule has 2 unspecified atom stereocenters. The van der Waals surface area contributed by atoms with Gasteiger partial charge in [0.15, 0.2) is 0 Å². The summed E-state index contributed by atoms with van der Waals surface area (Å²) in [7, 11) is -3.34. The van der Waals surface area contributed by atoms with Crippen molar-refractivity contribution in [3.63, 3.8) is 0 Å². The SMILES string of the molecule is CC(C)N(C(C)C)P(O)OCCC#N.N#CCCOP(O)Cl. The van der Waals surface area contributed by atoms with Crippen LogP contribution >= 0.6 is 27.5 Å². The molecule has 0 amide bonds. The minimum Gasteiger partial charge on any atom is -0.338 e. The van der Waals surface area contributed by atoms with Gasteiger partial charge in [-0.2, -0.15) is 10.5 Å². The molecule has 10 heteroatoms. The van der Waals surface area contributed by atoms with Crippen LogP contribution in [0.2, 0.25) is 0 Å². The van der Waals surface area contributed by atoms with Gasteiger partial charge in [0.05, 0.1) is 38.2 Å². The van der Waals surface area contributed by atoms with Gasteiger partial charge in [-0.15, -0.1) is 0 Å². The Morgan fingerprint density at radius 2 is 1.41 bits per heavy atom. The Morgan fingerprint density at radius 3 is 1.73 bits per heavy atom. The number of hydrogen-bond donors (Lipinski definition) is 2. The first-order chi connectivity index (χ1) is 10.3. The van der Waals surface area contributed by atoms with Crippen LogP contribution in [0.1, 0.15) is 40.5 Å².